The van der Waals surface area contributed by atoms with E-state index < -0.39 is 0 Å². The number of carbonyl (C=O) groups is 1. The first kappa shape index (κ1) is 14.8. The van der Waals surface area contributed by atoms with E-state index in [1.807, 2.05) is 36.1 Å². The Bertz CT molecular complexity index is 712. The molecule has 0 aliphatic carbocycles. The minimum absolute atomic E-state index is 0.122. The predicted octanol–water partition coefficient (Wildman–Crippen LogP) is 3.42. The molecule has 2 heterocycles. The van der Waals surface area contributed by atoms with Crippen molar-refractivity contribution in [2.45, 2.75) is 26.7 Å². The van der Waals surface area contributed by atoms with Gasteiger partial charge in [-0.05, 0) is 37.5 Å². The van der Waals surface area contributed by atoms with Gasteiger partial charge in [-0.2, -0.15) is 0 Å². The van der Waals surface area contributed by atoms with E-state index in [2.05, 4.69) is 11.9 Å². The number of amides is 1. The van der Waals surface area contributed by atoms with Gasteiger partial charge in [0, 0.05) is 30.2 Å². The van der Waals surface area contributed by atoms with Gasteiger partial charge in [0.15, 0.2) is 0 Å². The Morgan fingerprint density at radius 2 is 2.23 bits per heavy atom. The summed E-state index contributed by atoms with van der Waals surface area (Å²) in [6.45, 7) is 5.84. The number of aryl methyl sites for hydroxylation is 1. The molecule has 116 valence electrons. The lowest BCUT2D eigenvalue weighted by atomic mass is 10.1. The number of nitrogens with zero attached hydrogens (tertiary/aromatic N) is 2. The SMILES string of the molecule is CC[C@H]1CCN(C(=O)c2cc(C)nc3cc(OC)ccc23)C1. The van der Waals surface area contributed by atoms with Crippen molar-refractivity contribution < 1.29 is 9.53 Å². The lowest BCUT2D eigenvalue weighted by Crippen LogP contribution is -2.29. The first-order chi connectivity index (χ1) is 10.6. The summed E-state index contributed by atoms with van der Waals surface area (Å²) in [6, 6.07) is 7.60. The molecule has 0 bridgehead atoms. The van der Waals surface area contributed by atoms with Gasteiger partial charge in [-0.25, -0.2) is 0 Å². The number of pyridine rings is 1. The zero-order valence-corrected chi connectivity index (χ0v) is 13.4. The molecule has 0 saturated carbocycles. The van der Waals surface area contributed by atoms with Gasteiger partial charge < -0.3 is 9.64 Å². The number of ether oxygens (including phenoxy) is 1. The molecular formula is C18H22N2O2. The molecule has 2 aromatic rings. The normalized spacial score (nSPS) is 18.0. The molecule has 0 spiro atoms. The van der Waals surface area contributed by atoms with E-state index in [9.17, 15) is 4.79 Å². The smallest absolute Gasteiger partial charge is 0.254 e. The monoisotopic (exact) mass is 298 g/mol. The van der Waals surface area contributed by atoms with Crippen LogP contribution >= 0.6 is 0 Å². The molecule has 1 fully saturated rings. The van der Waals surface area contributed by atoms with Gasteiger partial charge in [-0.15, -0.1) is 0 Å². The van der Waals surface area contributed by atoms with Crippen molar-refractivity contribution >= 4 is 16.8 Å². The highest BCUT2D eigenvalue weighted by atomic mass is 16.5. The molecule has 0 N–H and O–H groups in total. The van der Waals surface area contributed by atoms with E-state index in [-0.39, 0.29) is 5.91 Å². The molecule has 1 amide bonds. The average Bonchev–Trinajstić information content (AvgIpc) is 3.01. The molecule has 1 aromatic carbocycles. The van der Waals surface area contributed by atoms with Crippen LogP contribution in [-0.4, -0.2) is 36.0 Å². The van der Waals surface area contributed by atoms with Gasteiger partial charge in [0.1, 0.15) is 5.75 Å². The van der Waals surface area contributed by atoms with E-state index in [1.54, 1.807) is 7.11 Å². The van der Waals surface area contributed by atoms with Crippen LogP contribution in [0.5, 0.6) is 5.75 Å². The Hall–Kier alpha value is -2.10. The van der Waals surface area contributed by atoms with Crippen LogP contribution in [-0.2, 0) is 0 Å². The first-order valence-corrected chi connectivity index (χ1v) is 7.87. The summed E-state index contributed by atoms with van der Waals surface area (Å²) in [5.41, 5.74) is 2.42. The highest BCUT2D eigenvalue weighted by Crippen LogP contribution is 2.27. The maximum Gasteiger partial charge on any atom is 0.254 e. The molecule has 0 unspecified atom stereocenters. The molecule has 4 heteroatoms. The average molecular weight is 298 g/mol. The summed E-state index contributed by atoms with van der Waals surface area (Å²) in [5.74, 6) is 1.52. The molecule has 1 aromatic heterocycles. The number of benzene rings is 1. The van der Waals surface area contributed by atoms with Gasteiger partial charge in [-0.1, -0.05) is 13.3 Å². The second-order valence-corrected chi connectivity index (χ2v) is 6.01. The lowest BCUT2D eigenvalue weighted by molar-refractivity contribution is 0.0788. The highest BCUT2D eigenvalue weighted by Gasteiger charge is 2.27. The van der Waals surface area contributed by atoms with Crippen LogP contribution < -0.4 is 4.74 Å². The summed E-state index contributed by atoms with van der Waals surface area (Å²) in [7, 11) is 1.64. The Labute approximate surface area is 131 Å². The quantitative estimate of drug-likeness (QED) is 0.872. The molecule has 1 aliphatic heterocycles. The van der Waals surface area contributed by atoms with Crippen molar-refractivity contribution in [3.63, 3.8) is 0 Å². The first-order valence-electron chi connectivity index (χ1n) is 7.87. The summed E-state index contributed by atoms with van der Waals surface area (Å²) < 4.78 is 5.26. The molecule has 3 rings (SSSR count). The van der Waals surface area contributed by atoms with Crippen LogP contribution in [0.4, 0.5) is 0 Å². The van der Waals surface area contributed by atoms with Crippen molar-refractivity contribution in [3.8, 4) is 5.75 Å². The highest BCUT2D eigenvalue weighted by molar-refractivity contribution is 6.06. The van der Waals surface area contributed by atoms with Crippen LogP contribution in [0.1, 0.15) is 35.8 Å². The Kier molecular flexibility index (Phi) is 4.01. The van der Waals surface area contributed by atoms with Crippen LogP contribution in [0.3, 0.4) is 0 Å². The Morgan fingerprint density at radius 1 is 1.41 bits per heavy atom. The van der Waals surface area contributed by atoms with Gasteiger partial charge in [0.2, 0.25) is 0 Å². The van der Waals surface area contributed by atoms with Crippen molar-refractivity contribution in [1.82, 2.24) is 9.88 Å². The topological polar surface area (TPSA) is 42.4 Å². The second kappa shape index (κ2) is 5.95. The number of carbonyl (C=O) groups excluding carboxylic acids is 1. The van der Waals surface area contributed by atoms with E-state index in [0.717, 1.165) is 53.8 Å². The van der Waals surface area contributed by atoms with Gasteiger partial charge >= 0.3 is 0 Å². The summed E-state index contributed by atoms with van der Waals surface area (Å²) >= 11 is 0. The largest absolute Gasteiger partial charge is 0.497 e. The molecule has 1 atom stereocenters. The third-order valence-corrected chi connectivity index (χ3v) is 4.53. The molecule has 0 radical (unpaired) electrons. The summed E-state index contributed by atoms with van der Waals surface area (Å²) in [5, 5.41) is 0.899. The maximum absolute atomic E-state index is 12.9. The molecular weight excluding hydrogens is 276 g/mol. The van der Waals surface area contributed by atoms with Crippen molar-refractivity contribution in [2.75, 3.05) is 20.2 Å². The Morgan fingerprint density at radius 3 is 2.91 bits per heavy atom. The number of fused-ring (bicyclic) bond motifs is 1. The third kappa shape index (κ3) is 2.65. The van der Waals surface area contributed by atoms with E-state index in [4.69, 9.17) is 4.74 Å². The molecule has 1 aliphatic rings. The van der Waals surface area contributed by atoms with Crippen LogP contribution in [0.25, 0.3) is 10.9 Å². The zero-order valence-electron chi connectivity index (χ0n) is 13.4. The van der Waals surface area contributed by atoms with Crippen LogP contribution in [0.15, 0.2) is 24.3 Å². The predicted molar refractivity (Wildman–Crippen MR) is 87.3 cm³/mol. The standard InChI is InChI=1S/C18H22N2O2/c1-4-13-7-8-20(11-13)18(21)16-9-12(2)19-17-10-14(22-3)5-6-15(16)17/h5-6,9-10,13H,4,7-8,11H2,1-3H3/t13-/m0/s1. The zero-order chi connectivity index (χ0) is 15.7. The lowest BCUT2D eigenvalue weighted by Gasteiger charge is -2.18. The van der Waals surface area contributed by atoms with E-state index >= 15 is 0 Å². The fraction of sp³-hybridized carbons (Fsp3) is 0.444. The minimum Gasteiger partial charge on any atom is -0.497 e. The van der Waals surface area contributed by atoms with E-state index in [1.165, 1.54) is 0 Å². The van der Waals surface area contributed by atoms with Gasteiger partial charge in [-0.3, -0.25) is 9.78 Å². The number of hydrogen-bond donors (Lipinski definition) is 0. The third-order valence-electron chi connectivity index (χ3n) is 4.53. The fourth-order valence-electron chi connectivity index (χ4n) is 3.17. The molecule has 4 nitrogen and oxygen atoms in total. The number of rotatable bonds is 3. The minimum atomic E-state index is 0.122. The second-order valence-electron chi connectivity index (χ2n) is 6.01. The molecule has 22 heavy (non-hydrogen) atoms. The van der Waals surface area contributed by atoms with E-state index in [0.29, 0.717) is 5.92 Å². The van der Waals surface area contributed by atoms with Crippen molar-refractivity contribution in [3.05, 3.63) is 35.5 Å². The summed E-state index contributed by atoms with van der Waals surface area (Å²) in [4.78, 5) is 19.4. The number of aromatic nitrogens is 1. The summed E-state index contributed by atoms with van der Waals surface area (Å²) in [6.07, 6.45) is 2.25. The number of methoxy groups -OCH3 is 1. The number of hydrogen-bond acceptors (Lipinski definition) is 3. The Balaban J connectivity index is 2.01. The van der Waals surface area contributed by atoms with Crippen molar-refractivity contribution in [2.24, 2.45) is 5.92 Å². The fourth-order valence-corrected chi connectivity index (χ4v) is 3.17. The van der Waals surface area contributed by atoms with Crippen LogP contribution in [0.2, 0.25) is 0 Å². The molecule has 1 saturated heterocycles. The number of likely N-dealkylation sites (tertiary alicyclic amines) is 1. The van der Waals surface area contributed by atoms with Gasteiger partial charge in [0.25, 0.3) is 5.91 Å². The van der Waals surface area contributed by atoms with Crippen LogP contribution in [0, 0.1) is 12.8 Å². The van der Waals surface area contributed by atoms with Gasteiger partial charge in [0.05, 0.1) is 18.2 Å². The van der Waals surface area contributed by atoms with Crippen molar-refractivity contribution in [1.29, 1.82) is 0 Å². The maximum atomic E-state index is 12.9.